The molecule has 5 nitrogen and oxygen atoms in total. The maximum absolute atomic E-state index is 14.6. The van der Waals surface area contributed by atoms with E-state index in [4.69, 9.17) is 4.74 Å². The molecule has 0 unspecified atom stereocenters. The predicted octanol–water partition coefficient (Wildman–Crippen LogP) is 7.11. The van der Waals surface area contributed by atoms with Gasteiger partial charge in [0, 0.05) is 17.8 Å². The normalized spacial score (nSPS) is 11.9. The second kappa shape index (κ2) is 9.46. The highest BCUT2D eigenvalue weighted by Gasteiger charge is 2.34. The van der Waals surface area contributed by atoms with Crippen molar-refractivity contribution in [2.75, 3.05) is 5.32 Å². The summed E-state index contributed by atoms with van der Waals surface area (Å²) in [6.07, 6.45) is -3.32. The molecule has 0 aliphatic heterocycles. The van der Waals surface area contributed by atoms with Crippen molar-refractivity contribution < 1.29 is 27.1 Å². The molecule has 0 fully saturated rings. The van der Waals surface area contributed by atoms with Gasteiger partial charge in [0.2, 0.25) is 5.88 Å². The molecular weight excluding hydrogens is 470 g/mol. The first-order valence-electron chi connectivity index (χ1n) is 10.5. The average Bonchev–Trinajstić information content (AvgIpc) is 3.30. The first kappa shape index (κ1) is 23.7. The van der Waals surface area contributed by atoms with Crippen LogP contribution in [0.1, 0.15) is 30.5 Å². The smallest absolute Gasteiger partial charge is 0.393 e. The number of carbonyl (C=O) groups excluding carboxylic acids is 1. The number of ether oxygens (including phenoxy) is 1. The number of anilines is 1. The Hall–Kier alpha value is -3.40. The van der Waals surface area contributed by atoms with E-state index in [1.54, 1.807) is 12.3 Å². The average molecular weight is 492 g/mol. The molecular formula is C24H21F4N3O2S. The lowest BCUT2D eigenvalue weighted by Gasteiger charge is -2.13. The highest BCUT2D eigenvalue weighted by atomic mass is 32.1. The predicted molar refractivity (Wildman–Crippen MR) is 123 cm³/mol. The van der Waals surface area contributed by atoms with Crippen LogP contribution in [-0.2, 0) is 19.1 Å². The van der Waals surface area contributed by atoms with E-state index in [9.17, 15) is 22.4 Å². The standard InChI is InChI=1S/C24H21F4N3O2S/c1-14(2)10-15-11-20(33-23(32)30-22-29-18-8-3-4-9-19(18)34-22)31(12-15)13-16-6-5-7-17(21(16)25)24(26,27)28/h3-9,11-12,14H,10,13H2,1-2H3,(H,29,30,32). The Morgan fingerprint density at radius 3 is 2.65 bits per heavy atom. The topological polar surface area (TPSA) is 56.1 Å². The SMILES string of the molecule is CC(C)Cc1cc(OC(=O)Nc2nc3ccccc3s2)n(Cc2cccc(C(F)(F)F)c2F)c1. The van der Waals surface area contributed by atoms with Crippen LogP contribution in [0.15, 0.2) is 54.7 Å². The molecule has 2 aromatic carbocycles. The molecule has 1 amide bonds. The Balaban J connectivity index is 1.58. The minimum Gasteiger partial charge on any atom is -0.393 e. The molecule has 0 saturated heterocycles. The number of benzene rings is 2. The van der Waals surface area contributed by atoms with E-state index >= 15 is 0 Å². The van der Waals surface area contributed by atoms with Gasteiger partial charge in [0.15, 0.2) is 5.13 Å². The van der Waals surface area contributed by atoms with Crippen LogP contribution in [-0.4, -0.2) is 15.6 Å². The number of para-hydroxylation sites is 1. The third-order valence-electron chi connectivity index (χ3n) is 4.98. The van der Waals surface area contributed by atoms with E-state index in [1.165, 1.54) is 22.0 Å². The van der Waals surface area contributed by atoms with E-state index in [1.807, 2.05) is 38.1 Å². The van der Waals surface area contributed by atoms with E-state index in [0.29, 0.717) is 17.6 Å². The lowest BCUT2D eigenvalue weighted by Crippen LogP contribution is -2.18. The Kier molecular flexibility index (Phi) is 6.60. The van der Waals surface area contributed by atoms with Gasteiger partial charge >= 0.3 is 12.3 Å². The van der Waals surface area contributed by atoms with Crippen molar-refractivity contribution >= 4 is 32.8 Å². The van der Waals surface area contributed by atoms with E-state index in [2.05, 4.69) is 10.3 Å². The third-order valence-corrected chi connectivity index (χ3v) is 5.93. The highest BCUT2D eigenvalue weighted by Crippen LogP contribution is 2.33. The van der Waals surface area contributed by atoms with Crippen LogP contribution in [0.3, 0.4) is 0 Å². The van der Waals surface area contributed by atoms with Gasteiger partial charge in [-0.15, -0.1) is 0 Å². The molecule has 0 saturated carbocycles. The van der Waals surface area contributed by atoms with Crippen LogP contribution in [0.5, 0.6) is 5.88 Å². The monoisotopic (exact) mass is 491 g/mol. The number of aromatic nitrogens is 2. The van der Waals surface area contributed by atoms with Crippen molar-refractivity contribution in [3.63, 3.8) is 0 Å². The van der Waals surface area contributed by atoms with Crippen LogP contribution < -0.4 is 10.1 Å². The number of alkyl halides is 3. The molecule has 4 rings (SSSR count). The van der Waals surface area contributed by atoms with Crippen molar-refractivity contribution in [2.24, 2.45) is 5.92 Å². The lowest BCUT2D eigenvalue weighted by molar-refractivity contribution is -0.140. The summed E-state index contributed by atoms with van der Waals surface area (Å²) in [4.78, 5) is 16.9. The summed E-state index contributed by atoms with van der Waals surface area (Å²) in [5.41, 5.74) is 0.0316. The molecule has 0 aliphatic carbocycles. The molecule has 2 aromatic heterocycles. The largest absolute Gasteiger partial charge is 0.420 e. The number of hydrogen-bond donors (Lipinski definition) is 1. The maximum atomic E-state index is 14.6. The van der Waals surface area contributed by atoms with Crippen LogP contribution >= 0.6 is 11.3 Å². The molecule has 178 valence electrons. The van der Waals surface area contributed by atoms with Gasteiger partial charge in [-0.3, -0.25) is 5.32 Å². The third kappa shape index (κ3) is 5.39. The molecule has 4 aromatic rings. The van der Waals surface area contributed by atoms with Crippen LogP contribution in [0, 0.1) is 11.7 Å². The molecule has 0 radical (unpaired) electrons. The van der Waals surface area contributed by atoms with Crippen molar-refractivity contribution in [3.05, 3.63) is 77.2 Å². The zero-order chi connectivity index (χ0) is 24.5. The maximum Gasteiger partial charge on any atom is 0.420 e. The number of hydrogen-bond acceptors (Lipinski definition) is 4. The zero-order valence-electron chi connectivity index (χ0n) is 18.3. The molecule has 34 heavy (non-hydrogen) atoms. The number of rotatable bonds is 6. The first-order chi connectivity index (χ1) is 16.1. The Labute approximate surface area is 197 Å². The minimum absolute atomic E-state index is 0.0890. The Morgan fingerprint density at radius 1 is 1.18 bits per heavy atom. The second-order valence-electron chi connectivity index (χ2n) is 8.19. The lowest BCUT2D eigenvalue weighted by atomic mass is 10.1. The molecule has 2 heterocycles. The molecule has 0 spiro atoms. The van der Waals surface area contributed by atoms with Crippen molar-refractivity contribution in [1.29, 1.82) is 0 Å². The van der Waals surface area contributed by atoms with Gasteiger partial charge in [0.1, 0.15) is 5.82 Å². The Bertz CT molecular complexity index is 1290. The fourth-order valence-corrected chi connectivity index (χ4v) is 4.43. The second-order valence-corrected chi connectivity index (χ2v) is 9.22. The van der Waals surface area contributed by atoms with Crippen LogP contribution in [0.4, 0.5) is 27.5 Å². The number of amides is 1. The number of thiazole rings is 1. The van der Waals surface area contributed by atoms with Gasteiger partial charge in [0.25, 0.3) is 0 Å². The van der Waals surface area contributed by atoms with Crippen molar-refractivity contribution in [2.45, 2.75) is 33.0 Å². The van der Waals surface area contributed by atoms with E-state index < -0.39 is 23.7 Å². The zero-order valence-corrected chi connectivity index (χ0v) is 19.1. The van der Waals surface area contributed by atoms with Gasteiger partial charge in [-0.25, -0.2) is 14.2 Å². The van der Waals surface area contributed by atoms with Gasteiger partial charge in [0.05, 0.1) is 22.3 Å². The van der Waals surface area contributed by atoms with Gasteiger partial charge < -0.3 is 9.30 Å². The van der Waals surface area contributed by atoms with Gasteiger partial charge in [-0.1, -0.05) is 49.4 Å². The molecule has 0 atom stereocenters. The first-order valence-corrected chi connectivity index (χ1v) is 11.3. The summed E-state index contributed by atoms with van der Waals surface area (Å²) in [6.45, 7) is 3.77. The van der Waals surface area contributed by atoms with Crippen LogP contribution in [0.2, 0.25) is 0 Å². The van der Waals surface area contributed by atoms with E-state index in [0.717, 1.165) is 21.8 Å². The fourth-order valence-electron chi connectivity index (χ4n) is 3.58. The number of carbonyl (C=O) groups is 1. The number of fused-ring (bicyclic) bond motifs is 1. The summed E-state index contributed by atoms with van der Waals surface area (Å²) >= 11 is 1.28. The molecule has 0 bridgehead atoms. The van der Waals surface area contributed by atoms with E-state index in [-0.39, 0.29) is 23.9 Å². The summed E-state index contributed by atoms with van der Waals surface area (Å²) in [5, 5.41) is 2.91. The number of nitrogens with one attached hydrogen (secondary N) is 1. The summed E-state index contributed by atoms with van der Waals surface area (Å²) in [5.74, 6) is -0.976. The molecule has 10 heteroatoms. The fraction of sp³-hybridized carbons (Fsp3) is 0.250. The molecule has 1 N–H and O–H groups in total. The van der Waals surface area contributed by atoms with Crippen LogP contribution in [0.25, 0.3) is 10.2 Å². The number of halogens is 4. The summed E-state index contributed by atoms with van der Waals surface area (Å²) in [6, 6.07) is 12.1. The summed E-state index contributed by atoms with van der Waals surface area (Å²) in [7, 11) is 0. The van der Waals surface area contributed by atoms with Gasteiger partial charge in [-0.2, -0.15) is 13.2 Å². The Morgan fingerprint density at radius 2 is 1.94 bits per heavy atom. The number of nitrogens with zero attached hydrogens (tertiary/aromatic N) is 2. The van der Waals surface area contributed by atoms with Crippen molar-refractivity contribution in [3.8, 4) is 5.88 Å². The van der Waals surface area contributed by atoms with Gasteiger partial charge in [-0.05, 0) is 36.1 Å². The van der Waals surface area contributed by atoms with Crippen molar-refractivity contribution in [1.82, 2.24) is 9.55 Å². The quantitative estimate of drug-likeness (QED) is 0.292. The summed E-state index contributed by atoms with van der Waals surface area (Å²) < 4.78 is 61.7. The highest BCUT2D eigenvalue weighted by molar-refractivity contribution is 7.22. The molecule has 0 aliphatic rings. The minimum atomic E-state index is -4.81.